The zero-order valence-corrected chi connectivity index (χ0v) is 27.1. The monoisotopic (exact) mass is 656 g/mol. The van der Waals surface area contributed by atoms with Gasteiger partial charge in [0.15, 0.2) is 5.69 Å². The number of amides is 2. The number of benzene rings is 2. The van der Waals surface area contributed by atoms with Gasteiger partial charge in [-0.05, 0) is 73.2 Å². The van der Waals surface area contributed by atoms with Crippen molar-refractivity contribution in [1.82, 2.24) is 10.3 Å². The van der Waals surface area contributed by atoms with Crippen LogP contribution in [0.2, 0.25) is 0 Å². The highest BCUT2D eigenvalue weighted by Crippen LogP contribution is 2.35. The van der Waals surface area contributed by atoms with Crippen molar-refractivity contribution in [2.75, 3.05) is 25.8 Å². The predicted octanol–water partition coefficient (Wildman–Crippen LogP) is 4.11. The Hall–Kier alpha value is -5.56. The normalized spacial score (nSPS) is 13.4. The molecule has 2 atom stereocenters. The second-order valence-corrected chi connectivity index (χ2v) is 11.5. The number of amidine groups is 1. The lowest BCUT2D eigenvalue weighted by molar-refractivity contribution is -0.155. The molecule has 3 aromatic rings. The van der Waals surface area contributed by atoms with Crippen LogP contribution >= 0.6 is 0 Å². The minimum Gasteiger partial charge on any atom is -0.496 e. The molecule has 0 bridgehead atoms. The van der Waals surface area contributed by atoms with Gasteiger partial charge in [-0.2, -0.15) is 0 Å². The maximum atomic E-state index is 13.8. The first-order valence-corrected chi connectivity index (χ1v) is 15.5. The number of hydrogen-bond acceptors (Lipinski definition) is 10. The van der Waals surface area contributed by atoms with E-state index in [1.165, 1.54) is 25.3 Å². The van der Waals surface area contributed by atoms with E-state index in [9.17, 15) is 19.2 Å². The minimum absolute atomic E-state index is 0.0478. The molecule has 0 unspecified atom stereocenters. The number of pyridine rings is 1. The summed E-state index contributed by atoms with van der Waals surface area (Å²) in [6.45, 7) is 7.23. The van der Waals surface area contributed by atoms with Crippen LogP contribution in [0.4, 0.5) is 5.69 Å². The van der Waals surface area contributed by atoms with Crippen molar-refractivity contribution in [1.29, 1.82) is 5.41 Å². The molecule has 48 heavy (non-hydrogen) atoms. The number of nitrogens with one attached hydrogen (secondary N) is 3. The molecule has 0 aliphatic heterocycles. The van der Waals surface area contributed by atoms with Crippen LogP contribution in [0.15, 0.2) is 55.1 Å². The molecule has 0 saturated heterocycles. The number of nitrogen functional groups attached to an aromatic ring is 1. The van der Waals surface area contributed by atoms with Crippen LogP contribution in [-0.2, 0) is 14.3 Å². The SMILES string of the molecule is C=Cc1cc(C(=O)Nc2ccc(C(=N)N)cc2)c(-c2ccc(C(=O)NCC3CC3)nc2C(=O)OCOC(=O)[C@@H](N)[C@@H](C)CC)cc1OC. The van der Waals surface area contributed by atoms with E-state index >= 15 is 0 Å². The van der Waals surface area contributed by atoms with Crippen molar-refractivity contribution >= 4 is 41.4 Å². The zero-order valence-electron chi connectivity index (χ0n) is 27.1. The number of aromatic nitrogens is 1. The number of hydrogen-bond donors (Lipinski definition) is 5. The van der Waals surface area contributed by atoms with Crippen molar-refractivity contribution in [3.05, 3.63) is 83.2 Å². The summed E-state index contributed by atoms with van der Waals surface area (Å²) < 4.78 is 15.9. The number of nitrogens with two attached hydrogens (primary N) is 2. The van der Waals surface area contributed by atoms with Gasteiger partial charge in [0, 0.05) is 40.0 Å². The van der Waals surface area contributed by atoms with E-state index in [0.29, 0.717) is 41.4 Å². The fourth-order valence-corrected chi connectivity index (χ4v) is 4.68. The molecular weight excluding hydrogens is 616 g/mol. The molecule has 1 heterocycles. The molecule has 1 aliphatic rings. The van der Waals surface area contributed by atoms with Gasteiger partial charge < -0.3 is 36.3 Å². The first-order valence-electron chi connectivity index (χ1n) is 15.5. The zero-order chi connectivity index (χ0) is 35.0. The van der Waals surface area contributed by atoms with Crippen molar-refractivity contribution in [3.63, 3.8) is 0 Å². The maximum Gasteiger partial charge on any atom is 0.360 e. The standard InChI is InChI=1S/C35H40N6O7/c1-5-19(3)29(36)34(44)47-18-48-35(45)30-24(13-14-27(41-30)33(43)39-17-20-7-8-20)25-16-28(46-4)21(6-2)15-26(25)32(42)40-23-11-9-22(10-12-23)31(37)38/h6,9-16,19-20,29H,2,5,7-8,17-18,36H2,1,3-4H3,(H3,37,38)(H,39,43)(H,40,42)/t19-,29-/m0/s1. The Labute approximate surface area is 278 Å². The summed E-state index contributed by atoms with van der Waals surface area (Å²) in [6, 6.07) is 11.5. The first kappa shape index (κ1) is 35.3. The molecule has 0 spiro atoms. The molecule has 13 heteroatoms. The molecule has 2 aromatic carbocycles. The number of esters is 2. The highest BCUT2D eigenvalue weighted by molar-refractivity contribution is 6.11. The maximum absolute atomic E-state index is 13.8. The van der Waals surface area contributed by atoms with E-state index in [2.05, 4.69) is 22.2 Å². The molecule has 13 nitrogen and oxygen atoms in total. The van der Waals surface area contributed by atoms with Crippen LogP contribution in [0.1, 0.15) is 75.6 Å². The lowest BCUT2D eigenvalue weighted by Gasteiger charge is -2.18. The van der Waals surface area contributed by atoms with Crippen molar-refractivity contribution in [2.45, 2.75) is 39.2 Å². The Balaban J connectivity index is 1.73. The van der Waals surface area contributed by atoms with Crippen LogP contribution in [0.3, 0.4) is 0 Å². The summed E-state index contributed by atoms with van der Waals surface area (Å²) in [5.74, 6) is -2.30. The molecular formula is C35H40N6O7. The third-order valence-corrected chi connectivity index (χ3v) is 8.07. The van der Waals surface area contributed by atoms with E-state index in [1.54, 1.807) is 43.3 Å². The van der Waals surface area contributed by atoms with E-state index in [0.717, 1.165) is 12.8 Å². The van der Waals surface area contributed by atoms with Gasteiger partial charge in [-0.3, -0.25) is 19.8 Å². The Morgan fingerprint density at radius 2 is 1.77 bits per heavy atom. The second-order valence-electron chi connectivity index (χ2n) is 11.5. The van der Waals surface area contributed by atoms with Gasteiger partial charge in [0.25, 0.3) is 11.8 Å². The summed E-state index contributed by atoms with van der Waals surface area (Å²) in [5.41, 5.74) is 13.0. The van der Waals surface area contributed by atoms with E-state index in [-0.39, 0.29) is 39.8 Å². The molecule has 252 valence electrons. The lowest BCUT2D eigenvalue weighted by Crippen LogP contribution is -2.38. The van der Waals surface area contributed by atoms with Gasteiger partial charge in [-0.1, -0.05) is 32.9 Å². The summed E-state index contributed by atoms with van der Waals surface area (Å²) in [6.07, 6.45) is 4.21. The topological polar surface area (TPSA) is 209 Å². The number of anilines is 1. The van der Waals surface area contributed by atoms with Crippen LogP contribution in [0.5, 0.6) is 5.75 Å². The fourth-order valence-electron chi connectivity index (χ4n) is 4.68. The number of methoxy groups -OCH3 is 1. The molecule has 1 aliphatic carbocycles. The van der Waals surface area contributed by atoms with Gasteiger partial charge in [-0.25, -0.2) is 9.78 Å². The van der Waals surface area contributed by atoms with Gasteiger partial charge in [0.1, 0.15) is 23.3 Å². The summed E-state index contributed by atoms with van der Waals surface area (Å²) in [7, 11) is 1.45. The first-order chi connectivity index (χ1) is 23.0. The highest BCUT2D eigenvalue weighted by Gasteiger charge is 2.27. The Bertz CT molecular complexity index is 1720. The Morgan fingerprint density at radius 3 is 2.38 bits per heavy atom. The molecule has 2 amide bonds. The molecule has 0 radical (unpaired) electrons. The number of nitrogens with zero attached hydrogens (tertiary/aromatic N) is 1. The van der Waals surface area contributed by atoms with Gasteiger partial charge in [-0.15, -0.1) is 0 Å². The number of ether oxygens (including phenoxy) is 3. The van der Waals surface area contributed by atoms with Crippen molar-refractivity contribution in [2.24, 2.45) is 23.3 Å². The third kappa shape index (κ3) is 8.62. The summed E-state index contributed by atoms with van der Waals surface area (Å²) >= 11 is 0. The highest BCUT2D eigenvalue weighted by atomic mass is 16.7. The Kier molecular flexibility index (Phi) is 11.6. The smallest absolute Gasteiger partial charge is 0.360 e. The van der Waals surface area contributed by atoms with Crippen LogP contribution in [0.25, 0.3) is 17.2 Å². The summed E-state index contributed by atoms with van der Waals surface area (Å²) in [4.78, 5) is 57.0. The second kappa shape index (κ2) is 15.8. The molecule has 1 aromatic heterocycles. The van der Waals surface area contributed by atoms with Crippen LogP contribution in [-0.4, -0.2) is 61.1 Å². The van der Waals surface area contributed by atoms with Crippen LogP contribution < -0.4 is 26.8 Å². The number of carbonyl (C=O) groups excluding carboxylic acids is 4. The quantitative estimate of drug-likeness (QED) is 0.0684. The largest absolute Gasteiger partial charge is 0.496 e. The van der Waals surface area contributed by atoms with Gasteiger partial charge in [0.2, 0.25) is 6.79 Å². The molecule has 1 fully saturated rings. The van der Waals surface area contributed by atoms with Gasteiger partial charge >= 0.3 is 11.9 Å². The average Bonchev–Trinajstić information content (AvgIpc) is 3.93. The minimum atomic E-state index is -1.01. The third-order valence-electron chi connectivity index (χ3n) is 8.07. The van der Waals surface area contributed by atoms with Crippen molar-refractivity contribution < 1.29 is 33.4 Å². The summed E-state index contributed by atoms with van der Waals surface area (Å²) in [5, 5.41) is 13.2. The molecule has 7 N–H and O–H groups in total. The predicted molar refractivity (Wildman–Crippen MR) is 181 cm³/mol. The molecule has 1 saturated carbocycles. The Morgan fingerprint density at radius 1 is 1.06 bits per heavy atom. The van der Waals surface area contributed by atoms with Crippen LogP contribution in [0, 0.1) is 17.2 Å². The number of carbonyl (C=O) groups is 4. The fraction of sp³-hybridized carbons (Fsp3) is 0.314. The van der Waals surface area contributed by atoms with E-state index in [4.69, 9.17) is 31.1 Å². The molecule has 4 rings (SSSR count). The van der Waals surface area contributed by atoms with Gasteiger partial charge in [0.05, 0.1) is 7.11 Å². The lowest BCUT2D eigenvalue weighted by atomic mass is 9.94. The number of rotatable bonds is 15. The van der Waals surface area contributed by atoms with E-state index < -0.39 is 36.6 Å². The average molecular weight is 657 g/mol. The van der Waals surface area contributed by atoms with E-state index in [1.807, 2.05) is 6.92 Å². The van der Waals surface area contributed by atoms with Crippen molar-refractivity contribution in [3.8, 4) is 16.9 Å².